The number of aromatic nitrogens is 2. The molecule has 1 saturated heterocycles. The minimum atomic E-state index is -2.58. The number of hydrogen-bond acceptors (Lipinski definition) is 8. The molecule has 11 nitrogen and oxygen atoms in total. The van der Waals surface area contributed by atoms with E-state index in [-0.39, 0.29) is 54.9 Å². The predicted molar refractivity (Wildman–Crippen MR) is 235 cm³/mol. The van der Waals surface area contributed by atoms with Crippen molar-refractivity contribution >= 4 is 41.5 Å². The smallest absolute Gasteiger partial charge is 0.279 e. The summed E-state index contributed by atoms with van der Waals surface area (Å²) in [6.45, 7) is 7.16. The topological polar surface area (TPSA) is 123 Å². The molecular formula is C48H50N4O7Si. The van der Waals surface area contributed by atoms with Crippen LogP contribution in [-0.2, 0) is 33.0 Å². The van der Waals surface area contributed by atoms with Crippen molar-refractivity contribution in [3.8, 4) is 17.2 Å². The Morgan fingerprint density at radius 3 is 2.30 bits per heavy atom. The van der Waals surface area contributed by atoms with E-state index in [2.05, 4.69) is 37.2 Å². The molecule has 0 unspecified atom stereocenters. The molecule has 6 aromatic rings. The molecule has 0 saturated carbocycles. The van der Waals surface area contributed by atoms with E-state index in [4.69, 9.17) is 14.2 Å². The van der Waals surface area contributed by atoms with Crippen LogP contribution in [0.1, 0.15) is 30.0 Å². The molecule has 2 aliphatic rings. The van der Waals surface area contributed by atoms with Crippen molar-refractivity contribution in [1.82, 2.24) is 14.7 Å². The summed E-state index contributed by atoms with van der Waals surface area (Å²) >= 11 is 0. The lowest BCUT2D eigenvalue weighted by atomic mass is 9.82. The first kappa shape index (κ1) is 40.7. The molecule has 12 heteroatoms. The zero-order valence-electron chi connectivity index (χ0n) is 34.6. The molecule has 308 valence electrons. The second-order valence-corrected chi connectivity index (χ2v) is 21.0. The van der Waals surface area contributed by atoms with Crippen LogP contribution in [0.15, 0.2) is 132 Å². The zero-order chi connectivity index (χ0) is 42.2. The van der Waals surface area contributed by atoms with E-state index < -0.39 is 19.8 Å². The lowest BCUT2D eigenvalue weighted by Crippen LogP contribution is -2.52. The van der Waals surface area contributed by atoms with Crippen molar-refractivity contribution in [2.45, 2.75) is 56.8 Å². The van der Waals surface area contributed by atoms with Gasteiger partial charge in [0, 0.05) is 30.0 Å². The van der Waals surface area contributed by atoms with E-state index in [1.807, 2.05) is 103 Å². The van der Waals surface area contributed by atoms with Crippen molar-refractivity contribution in [3.63, 3.8) is 0 Å². The van der Waals surface area contributed by atoms with Crippen LogP contribution in [0, 0.1) is 5.92 Å². The number of rotatable bonds is 13. The van der Waals surface area contributed by atoms with Crippen LogP contribution >= 0.6 is 0 Å². The third-order valence-corrected chi connectivity index (χ3v) is 16.9. The first-order valence-corrected chi connectivity index (χ1v) is 23.4. The standard InChI is InChI=1S/C48H50N4O7Si/c1-32-45(60(4,5)39-21-18-37(57-2)19-22-39)43(28-44(54)50(24-25-53)30-33-12-7-6-8-13-33)59-48(32)41-27-38(58-3)20-23-42(41)51(47(48)56)31-34-14-11-16-36(26-34)52-46(55)40-17-10-9-15-35(40)29-49-52/h6-23,26-27,29,32,43,45,53H,24-25,28,30-31H2,1-5H3/t32-,43+,45-,48+/m1/s1. The number of ether oxygens (including phenoxy) is 3. The molecule has 1 aromatic heterocycles. The van der Waals surface area contributed by atoms with Gasteiger partial charge in [0.15, 0.2) is 5.60 Å². The fourth-order valence-corrected chi connectivity index (χ4v) is 13.5. The summed E-state index contributed by atoms with van der Waals surface area (Å²) in [5.41, 5.74) is 1.85. The molecule has 4 atom stereocenters. The Hall–Kier alpha value is -6.08. The van der Waals surface area contributed by atoms with Crippen LogP contribution in [0.4, 0.5) is 5.69 Å². The summed E-state index contributed by atoms with van der Waals surface area (Å²) in [6, 6.07) is 38.3. The van der Waals surface area contributed by atoms with E-state index in [0.29, 0.717) is 34.6 Å². The highest BCUT2D eigenvalue weighted by atomic mass is 28.3. The van der Waals surface area contributed by atoms with Gasteiger partial charge in [-0.25, -0.2) is 0 Å². The Labute approximate surface area is 350 Å². The average Bonchev–Trinajstić information content (AvgIpc) is 3.69. The van der Waals surface area contributed by atoms with Crippen molar-refractivity contribution in [3.05, 3.63) is 155 Å². The lowest BCUT2D eigenvalue weighted by Gasteiger charge is -2.37. The number of carbonyl (C=O) groups is 2. The SMILES string of the molecule is COc1ccc([Si](C)(C)[C@H]2[C@H](CC(=O)N(CCO)Cc3ccccc3)O[C@@]3(C(=O)N(Cc4cccc(-n5ncc6ccccc6c5=O)c4)c4ccc(OC)cc43)[C@@H]2C)cc1. The van der Waals surface area contributed by atoms with Gasteiger partial charge in [0.1, 0.15) is 11.5 Å². The fraction of sp³-hybridized carbons (Fsp3) is 0.292. The first-order valence-electron chi connectivity index (χ1n) is 20.3. The number of anilines is 1. The Morgan fingerprint density at radius 2 is 1.57 bits per heavy atom. The largest absolute Gasteiger partial charge is 0.497 e. The van der Waals surface area contributed by atoms with Crippen molar-refractivity contribution < 1.29 is 28.9 Å². The number of hydrogen-bond donors (Lipinski definition) is 1. The summed E-state index contributed by atoms with van der Waals surface area (Å²) in [6.07, 6.45) is 1.07. The number of carbonyl (C=O) groups excluding carboxylic acids is 2. The van der Waals surface area contributed by atoms with Crippen molar-refractivity contribution in [2.24, 2.45) is 5.92 Å². The molecule has 2 amide bonds. The third kappa shape index (κ3) is 7.18. The summed E-state index contributed by atoms with van der Waals surface area (Å²) in [4.78, 5) is 47.0. The number of aliphatic hydroxyl groups is 1. The number of amides is 2. The number of nitrogens with zero attached hydrogens (tertiary/aromatic N) is 4. The molecule has 1 spiro atoms. The van der Waals surface area contributed by atoms with E-state index in [1.165, 1.54) is 4.68 Å². The van der Waals surface area contributed by atoms with Gasteiger partial charge in [0.05, 0.1) is 70.9 Å². The summed E-state index contributed by atoms with van der Waals surface area (Å²) < 4.78 is 19.9. The second-order valence-electron chi connectivity index (χ2n) is 16.3. The molecule has 2 aliphatic heterocycles. The van der Waals surface area contributed by atoms with Crippen molar-refractivity contribution in [1.29, 1.82) is 0 Å². The van der Waals surface area contributed by atoms with Crippen molar-refractivity contribution in [2.75, 3.05) is 32.3 Å². The first-order chi connectivity index (χ1) is 29.0. The molecule has 5 aromatic carbocycles. The average molecular weight is 823 g/mol. The quantitative estimate of drug-likeness (QED) is 0.130. The highest BCUT2D eigenvalue weighted by molar-refractivity contribution is 6.91. The maximum atomic E-state index is 15.5. The molecule has 3 heterocycles. The number of aliphatic hydroxyl groups excluding tert-OH is 1. The Balaban J connectivity index is 1.19. The van der Waals surface area contributed by atoms with Crippen LogP contribution in [0.2, 0.25) is 18.6 Å². The Kier molecular flexibility index (Phi) is 11.2. The van der Waals surface area contributed by atoms with Crippen LogP contribution in [0.5, 0.6) is 11.5 Å². The summed E-state index contributed by atoms with van der Waals surface area (Å²) in [5.74, 6) is 0.586. The van der Waals surface area contributed by atoms with Gasteiger partial charge < -0.3 is 29.1 Å². The molecular weight excluding hydrogens is 773 g/mol. The minimum Gasteiger partial charge on any atom is -0.497 e. The maximum absolute atomic E-state index is 15.5. The minimum absolute atomic E-state index is 0.0261. The van der Waals surface area contributed by atoms with Crippen LogP contribution in [-0.4, -0.2) is 73.2 Å². The molecule has 0 radical (unpaired) electrons. The fourth-order valence-electron chi connectivity index (χ4n) is 9.54. The van der Waals surface area contributed by atoms with E-state index in [0.717, 1.165) is 27.4 Å². The van der Waals surface area contributed by atoms with Gasteiger partial charge in [-0.1, -0.05) is 98.0 Å². The monoisotopic (exact) mass is 822 g/mol. The Morgan fingerprint density at radius 1 is 0.867 bits per heavy atom. The van der Waals surface area contributed by atoms with Gasteiger partial charge >= 0.3 is 0 Å². The third-order valence-electron chi connectivity index (χ3n) is 12.5. The van der Waals surface area contributed by atoms with Gasteiger partial charge in [-0.05, 0) is 65.2 Å². The van der Waals surface area contributed by atoms with Crippen LogP contribution in [0.25, 0.3) is 16.5 Å². The lowest BCUT2D eigenvalue weighted by molar-refractivity contribution is -0.150. The van der Waals surface area contributed by atoms with Gasteiger partial charge in [-0.15, -0.1) is 0 Å². The number of benzene rings is 5. The predicted octanol–water partition coefficient (Wildman–Crippen LogP) is 6.58. The highest BCUT2D eigenvalue weighted by Crippen LogP contribution is 2.60. The van der Waals surface area contributed by atoms with Gasteiger partial charge in [-0.3, -0.25) is 14.4 Å². The molecule has 8 rings (SSSR count). The normalized spacial score (nSPS) is 19.8. The van der Waals surface area contributed by atoms with Crippen LogP contribution in [0.3, 0.4) is 0 Å². The summed E-state index contributed by atoms with van der Waals surface area (Å²) in [5, 5.41) is 17.0. The second kappa shape index (κ2) is 16.5. The summed E-state index contributed by atoms with van der Waals surface area (Å²) in [7, 11) is 0.665. The van der Waals surface area contributed by atoms with E-state index in [9.17, 15) is 14.7 Å². The van der Waals surface area contributed by atoms with Gasteiger partial charge in [0.2, 0.25) is 5.91 Å². The zero-order valence-corrected chi connectivity index (χ0v) is 35.6. The maximum Gasteiger partial charge on any atom is 0.279 e. The van der Waals surface area contributed by atoms with Gasteiger partial charge in [-0.2, -0.15) is 9.78 Å². The number of methoxy groups -OCH3 is 2. The molecule has 1 N–H and O–H groups in total. The molecule has 60 heavy (non-hydrogen) atoms. The Bertz CT molecular complexity index is 2600. The number of fused-ring (bicyclic) bond motifs is 3. The molecule has 1 fully saturated rings. The molecule has 0 bridgehead atoms. The van der Waals surface area contributed by atoms with E-state index >= 15 is 4.79 Å². The highest BCUT2D eigenvalue weighted by Gasteiger charge is 2.66. The molecule has 0 aliphatic carbocycles. The van der Waals surface area contributed by atoms with Gasteiger partial charge in [0.25, 0.3) is 11.5 Å². The van der Waals surface area contributed by atoms with Crippen LogP contribution < -0.4 is 25.1 Å². The van der Waals surface area contributed by atoms with E-state index in [1.54, 1.807) is 36.3 Å².